The summed E-state index contributed by atoms with van der Waals surface area (Å²) >= 11 is 0. The number of H-pyrrole nitrogens is 1. The van der Waals surface area contributed by atoms with Gasteiger partial charge in [-0.2, -0.15) is 4.39 Å². The highest BCUT2D eigenvalue weighted by Crippen LogP contribution is 2.13. The molecule has 0 fully saturated rings. The minimum Gasteiger partial charge on any atom is -0.326 e. The van der Waals surface area contributed by atoms with Gasteiger partial charge in [-0.25, -0.2) is 4.79 Å². The van der Waals surface area contributed by atoms with Gasteiger partial charge in [0.05, 0.1) is 11.9 Å². The number of nitrogens with one attached hydrogen (secondary N) is 2. The van der Waals surface area contributed by atoms with Crippen LogP contribution in [0, 0.1) is 5.82 Å². The molecule has 1 amide bonds. The quantitative estimate of drug-likeness (QED) is 0.801. The Labute approximate surface area is 132 Å². The number of hydrogen-bond acceptors (Lipinski definition) is 3. The molecule has 0 saturated heterocycles. The largest absolute Gasteiger partial charge is 0.333 e. The van der Waals surface area contributed by atoms with Gasteiger partial charge in [0.15, 0.2) is 0 Å². The molecular formula is C16H18FN3O3. The van der Waals surface area contributed by atoms with E-state index in [1.54, 1.807) is 24.3 Å². The minimum absolute atomic E-state index is 0.0709. The standard InChI is InChI=1S/C16H18FN3O3/c1-2-3-4-5-14(21)18-11-6-8-12(9-7-11)20-10-13(17)15(22)19-16(20)23/h6-10H,2-5H2,1H3,(H,18,21)(H,19,22,23). The number of aromatic nitrogens is 2. The molecule has 0 aliphatic rings. The second-order valence-corrected chi connectivity index (χ2v) is 5.16. The molecule has 0 atom stereocenters. The summed E-state index contributed by atoms with van der Waals surface area (Å²) in [5.41, 5.74) is -0.808. The summed E-state index contributed by atoms with van der Waals surface area (Å²) in [4.78, 5) is 36.3. The zero-order chi connectivity index (χ0) is 16.8. The van der Waals surface area contributed by atoms with Crippen LogP contribution in [0.4, 0.5) is 10.1 Å². The molecule has 6 nitrogen and oxygen atoms in total. The van der Waals surface area contributed by atoms with Gasteiger partial charge < -0.3 is 5.32 Å². The zero-order valence-electron chi connectivity index (χ0n) is 12.8. The van der Waals surface area contributed by atoms with Crippen LogP contribution in [-0.4, -0.2) is 15.5 Å². The molecule has 2 rings (SSSR count). The van der Waals surface area contributed by atoms with Gasteiger partial charge in [-0.15, -0.1) is 0 Å². The van der Waals surface area contributed by atoms with Gasteiger partial charge in [0, 0.05) is 12.1 Å². The zero-order valence-corrected chi connectivity index (χ0v) is 12.8. The average Bonchev–Trinajstić information content (AvgIpc) is 2.52. The molecule has 2 aromatic rings. The van der Waals surface area contributed by atoms with E-state index in [0.29, 0.717) is 17.8 Å². The molecule has 0 aliphatic heterocycles. The lowest BCUT2D eigenvalue weighted by Gasteiger charge is -2.08. The first-order valence-corrected chi connectivity index (χ1v) is 7.43. The lowest BCUT2D eigenvalue weighted by molar-refractivity contribution is -0.116. The number of aromatic amines is 1. The maximum absolute atomic E-state index is 13.3. The number of nitrogens with zero attached hydrogens (tertiary/aromatic N) is 1. The van der Waals surface area contributed by atoms with Crippen molar-refractivity contribution >= 4 is 11.6 Å². The lowest BCUT2D eigenvalue weighted by atomic mass is 10.2. The number of halogens is 1. The first-order chi connectivity index (χ1) is 11.0. The van der Waals surface area contributed by atoms with Gasteiger partial charge in [-0.3, -0.25) is 19.1 Å². The van der Waals surface area contributed by atoms with Crippen LogP contribution in [-0.2, 0) is 4.79 Å². The van der Waals surface area contributed by atoms with E-state index in [9.17, 15) is 18.8 Å². The number of hydrogen-bond donors (Lipinski definition) is 2. The van der Waals surface area contributed by atoms with E-state index in [1.807, 2.05) is 4.98 Å². The normalized spacial score (nSPS) is 10.5. The van der Waals surface area contributed by atoms with E-state index in [2.05, 4.69) is 12.2 Å². The molecule has 1 heterocycles. The predicted octanol–water partition coefficient (Wildman–Crippen LogP) is 2.18. The van der Waals surface area contributed by atoms with Gasteiger partial charge in [0.1, 0.15) is 0 Å². The van der Waals surface area contributed by atoms with Crippen molar-refractivity contribution in [2.24, 2.45) is 0 Å². The summed E-state index contributed by atoms with van der Waals surface area (Å²) in [7, 11) is 0. The number of amides is 1. The van der Waals surface area contributed by atoms with Crippen molar-refractivity contribution in [3.63, 3.8) is 0 Å². The van der Waals surface area contributed by atoms with Crippen LogP contribution in [0.15, 0.2) is 40.1 Å². The van der Waals surface area contributed by atoms with E-state index in [-0.39, 0.29) is 5.91 Å². The van der Waals surface area contributed by atoms with Crippen molar-refractivity contribution in [1.82, 2.24) is 9.55 Å². The van der Waals surface area contributed by atoms with E-state index < -0.39 is 17.1 Å². The number of anilines is 1. The highest BCUT2D eigenvalue weighted by molar-refractivity contribution is 5.90. The van der Waals surface area contributed by atoms with Gasteiger partial charge in [0.2, 0.25) is 11.7 Å². The van der Waals surface area contributed by atoms with Crippen LogP contribution in [0.5, 0.6) is 0 Å². The van der Waals surface area contributed by atoms with Gasteiger partial charge in [-0.1, -0.05) is 19.8 Å². The average molecular weight is 319 g/mol. The molecule has 7 heteroatoms. The fourth-order valence-electron chi connectivity index (χ4n) is 2.10. The number of rotatable bonds is 6. The molecular weight excluding hydrogens is 301 g/mol. The second kappa shape index (κ2) is 7.53. The summed E-state index contributed by atoms with van der Waals surface area (Å²) in [5, 5.41) is 2.76. The third kappa shape index (κ3) is 4.38. The topological polar surface area (TPSA) is 84.0 Å². The molecule has 1 aromatic carbocycles. The summed E-state index contributed by atoms with van der Waals surface area (Å²) < 4.78 is 14.3. The SMILES string of the molecule is CCCCCC(=O)Nc1ccc(-n2cc(F)c(=O)[nH]c2=O)cc1. The molecule has 0 radical (unpaired) electrons. The number of carbonyl (C=O) groups excluding carboxylic acids is 1. The van der Waals surface area contributed by atoms with Crippen molar-refractivity contribution in [2.75, 3.05) is 5.32 Å². The van der Waals surface area contributed by atoms with Gasteiger partial charge >= 0.3 is 5.69 Å². The fourth-order valence-corrected chi connectivity index (χ4v) is 2.10. The molecule has 0 saturated carbocycles. The van der Waals surface area contributed by atoms with Gasteiger partial charge in [0.25, 0.3) is 5.56 Å². The Kier molecular flexibility index (Phi) is 5.46. The molecule has 1 aromatic heterocycles. The van der Waals surface area contributed by atoms with Crippen LogP contribution in [0.3, 0.4) is 0 Å². The molecule has 0 spiro atoms. The molecule has 23 heavy (non-hydrogen) atoms. The summed E-state index contributed by atoms with van der Waals surface area (Å²) in [6.45, 7) is 2.07. The van der Waals surface area contributed by atoms with E-state index in [1.165, 1.54) is 0 Å². The maximum atomic E-state index is 13.3. The Hall–Kier alpha value is -2.70. The summed E-state index contributed by atoms with van der Waals surface area (Å²) in [5.74, 6) is -1.11. The maximum Gasteiger partial charge on any atom is 0.333 e. The predicted molar refractivity (Wildman–Crippen MR) is 85.4 cm³/mol. The van der Waals surface area contributed by atoms with Crippen LogP contribution < -0.4 is 16.6 Å². The van der Waals surface area contributed by atoms with Crippen molar-refractivity contribution in [2.45, 2.75) is 32.6 Å². The minimum atomic E-state index is -1.05. The van der Waals surface area contributed by atoms with E-state index >= 15 is 0 Å². The molecule has 0 aliphatic carbocycles. The monoisotopic (exact) mass is 319 g/mol. The third-order valence-corrected chi connectivity index (χ3v) is 3.34. The van der Waals surface area contributed by atoms with Crippen molar-refractivity contribution in [3.8, 4) is 5.69 Å². The Morgan fingerprint density at radius 1 is 1.22 bits per heavy atom. The highest BCUT2D eigenvalue weighted by Gasteiger charge is 2.06. The van der Waals surface area contributed by atoms with E-state index in [4.69, 9.17) is 0 Å². The Balaban J connectivity index is 2.11. The highest BCUT2D eigenvalue weighted by atomic mass is 19.1. The third-order valence-electron chi connectivity index (χ3n) is 3.34. The molecule has 2 N–H and O–H groups in total. The van der Waals surface area contributed by atoms with Crippen LogP contribution in [0.2, 0.25) is 0 Å². The van der Waals surface area contributed by atoms with Crippen LogP contribution in [0.1, 0.15) is 32.6 Å². The lowest BCUT2D eigenvalue weighted by Crippen LogP contribution is -2.30. The van der Waals surface area contributed by atoms with Gasteiger partial charge in [-0.05, 0) is 30.7 Å². The van der Waals surface area contributed by atoms with Crippen molar-refractivity contribution in [3.05, 3.63) is 57.1 Å². The first-order valence-electron chi connectivity index (χ1n) is 7.43. The second-order valence-electron chi connectivity index (χ2n) is 5.16. The molecule has 0 bridgehead atoms. The van der Waals surface area contributed by atoms with Crippen LogP contribution >= 0.6 is 0 Å². The molecule has 0 unspecified atom stereocenters. The van der Waals surface area contributed by atoms with E-state index in [0.717, 1.165) is 30.0 Å². The van der Waals surface area contributed by atoms with Crippen molar-refractivity contribution in [1.29, 1.82) is 0 Å². The smallest absolute Gasteiger partial charge is 0.326 e. The Bertz CT molecular complexity index is 793. The number of benzene rings is 1. The summed E-state index contributed by atoms with van der Waals surface area (Å²) in [6.07, 6.45) is 4.19. The molecule has 122 valence electrons. The van der Waals surface area contributed by atoms with Crippen LogP contribution in [0.25, 0.3) is 5.69 Å². The van der Waals surface area contributed by atoms with Crippen molar-refractivity contribution < 1.29 is 9.18 Å². The Morgan fingerprint density at radius 3 is 2.57 bits per heavy atom. The fraction of sp³-hybridized carbons (Fsp3) is 0.312. The first kappa shape index (κ1) is 16.7. The number of unbranched alkanes of at least 4 members (excludes halogenated alkanes) is 2. The summed E-state index contributed by atoms with van der Waals surface area (Å²) in [6, 6.07) is 6.34. The Morgan fingerprint density at radius 2 is 1.91 bits per heavy atom. The number of carbonyl (C=O) groups is 1.